The highest BCUT2D eigenvalue weighted by molar-refractivity contribution is 6.29. The molecule has 0 bridgehead atoms. The van der Waals surface area contributed by atoms with Gasteiger partial charge in [-0.1, -0.05) is 25.4 Å². The van der Waals surface area contributed by atoms with Crippen LogP contribution in [0, 0.1) is 6.92 Å². The van der Waals surface area contributed by atoms with Crippen LogP contribution in [0.25, 0.3) is 0 Å². The van der Waals surface area contributed by atoms with E-state index in [1.165, 1.54) is 0 Å². The number of nitrogens with zero attached hydrogens (tertiary/aromatic N) is 1. The van der Waals surface area contributed by atoms with Crippen molar-refractivity contribution in [3.8, 4) is 5.75 Å². The maximum Gasteiger partial charge on any atom is 0.135 e. The van der Waals surface area contributed by atoms with Crippen molar-refractivity contribution in [1.82, 2.24) is 4.98 Å². The largest absolute Gasteiger partial charge is 0.496 e. The summed E-state index contributed by atoms with van der Waals surface area (Å²) in [5.41, 5.74) is 6.34. The zero-order chi connectivity index (χ0) is 10.4. The van der Waals surface area contributed by atoms with E-state index in [-0.39, 0.29) is 0 Å². The van der Waals surface area contributed by atoms with Crippen molar-refractivity contribution in [3.63, 3.8) is 0 Å². The molecule has 1 aromatic heterocycles. The molecule has 0 aliphatic heterocycles. The summed E-state index contributed by atoms with van der Waals surface area (Å²) in [5, 5.41) is 0.352. The van der Waals surface area contributed by atoms with E-state index in [4.69, 9.17) is 22.1 Å². The van der Waals surface area contributed by atoms with Crippen molar-refractivity contribution in [3.05, 3.63) is 16.8 Å². The number of nitrogen functional groups attached to an aromatic ring is 1. The maximum atomic E-state index is 5.63. The minimum Gasteiger partial charge on any atom is -0.496 e. The minimum absolute atomic E-state index is 0.352. The molecule has 0 amide bonds. The van der Waals surface area contributed by atoms with Gasteiger partial charge in [-0.15, -0.1) is 0 Å². The molecule has 13 heavy (non-hydrogen) atoms. The summed E-state index contributed by atoms with van der Waals surface area (Å²) < 4.78 is 5.00. The molecule has 0 fully saturated rings. The first kappa shape index (κ1) is 12.0. The van der Waals surface area contributed by atoms with Gasteiger partial charge in [-0.25, -0.2) is 4.98 Å². The number of methoxy groups -OCH3 is 1. The van der Waals surface area contributed by atoms with Gasteiger partial charge in [0.2, 0.25) is 0 Å². The first-order valence-electron chi connectivity index (χ1n) is 4.11. The minimum atomic E-state index is 0.352. The number of hydrogen-bond acceptors (Lipinski definition) is 3. The van der Waals surface area contributed by atoms with E-state index in [1.807, 2.05) is 20.8 Å². The van der Waals surface area contributed by atoms with Crippen LogP contribution in [0.3, 0.4) is 0 Å². The van der Waals surface area contributed by atoms with Gasteiger partial charge in [0.25, 0.3) is 0 Å². The molecule has 0 spiro atoms. The molecule has 0 aliphatic rings. The number of hydrogen-bond donors (Lipinski definition) is 1. The quantitative estimate of drug-likeness (QED) is 0.713. The first-order chi connectivity index (χ1) is 6.15. The van der Waals surface area contributed by atoms with E-state index < -0.39 is 0 Å². The molecule has 0 atom stereocenters. The van der Waals surface area contributed by atoms with E-state index in [9.17, 15) is 0 Å². The third-order valence-electron chi connectivity index (χ3n) is 1.45. The molecule has 0 aromatic carbocycles. The molecular formula is C9H15ClN2O. The Labute approximate surface area is 83.9 Å². The van der Waals surface area contributed by atoms with E-state index in [1.54, 1.807) is 13.2 Å². The van der Waals surface area contributed by atoms with Crippen LogP contribution in [-0.4, -0.2) is 12.1 Å². The lowest BCUT2D eigenvalue weighted by Crippen LogP contribution is -1.97. The van der Waals surface area contributed by atoms with Crippen LogP contribution in [-0.2, 0) is 0 Å². The second-order valence-corrected chi connectivity index (χ2v) is 2.54. The molecule has 0 unspecified atom stereocenters. The van der Waals surface area contributed by atoms with Gasteiger partial charge in [-0.05, 0) is 6.92 Å². The second kappa shape index (κ2) is 5.65. The monoisotopic (exact) mass is 202 g/mol. The lowest BCUT2D eigenvalue weighted by Gasteiger charge is -2.05. The fraction of sp³-hybridized carbons (Fsp3) is 0.444. The predicted octanol–water partition coefficient (Wildman–Crippen LogP) is 2.66. The van der Waals surface area contributed by atoms with Crippen LogP contribution < -0.4 is 10.5 Å². The van der Waals surface area contributed by atoms with Crippen LogP contribution in [0.5, 0.6) is 5.75 Å². The van der Waals surface area contributed by atoms with Gasteiger partial charge in [0.1, 0.15) is 16.7 Å². The summed E-state index contributed by atoms with van der Waals surface area (Å²) in [6, 6.07) is 1.63. The van der Waals surface area contributed by atoms with E-state index in [0.29, 0.717) is 16.7 Å². The second-order valence-electron chi connectivity index (χ2n) is 2.16. The average molecular weight is 203 g/mol. The van der Waals surface area contributed by atoms with Crippen molar-refractivity contribution in [2.75, 3.05) is 12.8 Å². The average Bonchev–Trinajstić information content (AvgIpc) is 2.14. The van der Waals surface area contributed by atoms with Gasteiger partial charge in [0, 0.05) is 11.6 Å². The Morgan fingerprint density at radius 1 is 1.46 bits per heavy atom. The van der Waals surface area contributed by atoms with Crippen molar-refractivity contribution in [2.24, 2.45) is 0 Å². The molecule has 2 N–H and O–H groups in total. The highest BCUT2D eigenvalue weighted by atomic mass is 35.5. The summed E-state index contributed by atoms with van der Waals surface area (Å²) in [5.74, 6) is 1.08. The normalized spacial score (nSPS) is 8.69. The number of ether oxygens (including phenoxy) is 1. The summed E-state index contributed by atoms with van der Waals surface area (Å²) >= 11 is 5.63. The Hall–Kier alpha value is -0.960. The Morgan fingerprint density at radius 2 is 2.00 bits per heavy atom. The van der Waals surface area contributed by atoms with E-state index in [0.717, 1.165) is 5.56 Å². The molecule has 74 valence electrons. The van der Waals surface area contributed by atoms with Gasteiger partial charge < -0.3 is 10.5 Å². The van der Waals surface area contributed by atoms with Gasteiger partial charge in [-0.2, -0.15) is 0 Å². The Bertz CT molecular complexity index is 277. The topological polar surface area (TPSA) is 48.1 Å². The number of rotatable bonds is 1. The number of anilines is 1. The number of nitrogens with two attached hydrogens (primary N) is 1. The number of aromatic nitrogens is 1. The van der Waals surface area contributed by atoms with Gasteiger partial charge in [-0.3, -0.25) is 0 Å². The zero-order valence-electron chi connectivity index (χ0n) is 8.39. The predicted molar refractivity (Wildman–Crippen MR) is 56.3 cm³/mol. The van der Waals surface area contributed by atoms with Crippen LogP contribution in [0.1, 0.15) is 19.4 Å². The molecule has 3 nitrogen and oxygen atoms in total. The zero-order valence-corrected chi connectivity index (χ0v) is 9.14. The molecule has 1 rings (SSSR count). The van der Waals surface area contributed by atoms with Crippen molar-refractivity contribution in [2.45, 2.75) is 20.8 Å². The summed E-state index contributed by atoms with van der Waals surface area (Å²) in [4.78, 5) is 3.84. The van der Waals surface area contributed by atoms with Crippen LogP contribution in [0.4, 0.5) is 5.82 Å². The van der Waals surface area contributed by atoms with Crippen molar-refractivity contribution >= 4 is 17.4 Å². The smallest absolute Gasteiger partial charge is 0.135 e. The Kier molecular flexibility index (Phi) is 5.23. The lowest BCUT2D eigenvalue weighted by molar-refractivity contribution is 0.411. The lowest BCUT2D eigenvalue weighted by atomic mass is 10.2. The summed E-state index contributed by atoms with van der Waals surface area (Å²) in [7, 11) is 1.57. The number of pyridine rings is 1. The van der Waals surface area contributed by atoms with Crippen LogP contribution >= 0.6 is 11.6 Å². The third-order valence-corrected chi connectivity index (χ3v) is 1.64. The van der Waals surface area contributed by atoms with Crippen molar-refractivity contribution < 1.29 is 4.74 Å². The third kappa shape index (κ3) is 3.11. The molecular weight excluding hydrogens is 188 g/mol. The highest BCUT2D eigenvalue weighted by Crippen LogP contribution is 2.24. The van der Waals surface area contributed by atoms with Gasteiger partial charge in [0.15, 0.2) is 0 Å². The molecule has 0 saturated heterocycles. The Balaban J connectivity index is 0.000000671. The van der Waals surface area contributed by atoms with Crippen molar-refractivity contribution in [1.29, 1.82) is 0 Å². The highest BCUT2D eigenvalue weighted by Gasteiger charge is 2.04. The summed E-state index contributed by atoms with van der Waals surface area (Å²) in [6.07, 6.45) is 0. The van der Waals surface area contributed by atoms with Gasteiger partial charge in [0.05, 0.1) is 7.11 Å². The molecule has 0 saturated carbocycles. The van der Waals surface area contributed by atoms with E-state index in [2.05, 4.69) is 4.98 Å². The molecule has 0 radical (unpaired) electrons. The fourth-order valence-corrected chi connectivity index (χ4v) is 0.976. The van der Waals surface area contributed by atoms with Crippen LogP contribution in [0.15, 0.2) is 6.07 Å². The molecule has 4 heteroatoms. The molecule has 0 aliphatic carbocycles. The standard InChI is InChI=1S/C7H9ClN2O.C2H6/c1-4-5(11-2)3-6(8)10-7(4)9;1-2/h3H,1-2H3,(H2,9,10);1-2H3. The molecule has 1 aromatic rings. The maximum absolute atomic E-state index is 5.63. The van der Waals surface area contributed by atoms with E-state index >= 15 is 0 Å². The SMILES string of the molecule is CC.COc1cc(Cl)nc(N)c1C. The summed E-state index contributed by atoms with van der Waals surface area (Å²) in [6.45, 7) is 5.83. The molecule has 1 heterocycles. The first-order valence-corrected chi connectivity index (χ1v) is 4.49. The Morgan fingerprint density at radius 3 is 2.46 bits per heavy atom. The van der Waals surface area contributed by atoms with Gasteiger partial charge >= 0.3 is 0 Å². The fourth-order valence-electron chi connectivity index (χ4n) is 0.786. The van der Waals surface area contributed by atoms with Crippen LogP contribution in [0.2, 0.25) is 5.15 Å². The number of halogens is 1.